The molecular weight excluding hydrogens is 320 g/mol. The van der Waals surface area contributed by atoms with Crippen molar-refractivity contribution >= 4 is 17.4 Å². The van der Waals surface area contributed by atoms with Crippen LogP contribution in [-0.4, -0.2) is 28.3 Å². The molecule has 24 heavy (non-hydrogen) atoms. The van der Waals surface area contributed by atoms with Crippen LogP contribution in [0.2, 0.25) is 0 Å². The molecule has 0 amide bonds. The van der Waals surface area contributed by atoms with Crippen LogP contribution in [0.15, 0.2) is 40.1 Å². The largest absolute Gasteiger partial charge is 0.408 e. The van der Waals surface area contributed by atoms with Crippen LogP contribution >= 0.6 is 11.3 Å². The molecule has 0 radical (unpaired) electrons. The monoisotopic (exact) mass is 340 g/mol. The first-order valence-corrected chi connectivity index (χ1v) is 9.08. The number of rotatable bonds is 3. The molecule has 0 bridgehead atoms. The van der Waals surface area contributed by atoms with E-state index in [2.05, 4.69) is 57.7 Å². The Bertz CT molecular complexity index is 818. The first-order chi connectivity index (χ1) is 11.7. The lowest BCUT2D eigenvalue weighted by Gasteiger charge is -2.40. The van der Waals surface area contributed by atoms with Crippen LogP contribution in [0.3, 0.4) is 0 Å². The Morgan fingerprint density at radius 3 is 2.42 bits per heavy atom. The number of aryl methyl sites for hydroxylation is 2. The normalized spacial score (nSPS) is 17.2. The zero-order valence-corrected chi connectivity index (χ0v) is 14.7. The van der Waals surface area contributed by atoms with Crippen molar-refractivity contribution in [2.75, 3.05) is 18.0 Å². The highest BCUT2D eigenvalue weighted by atomic mass is 32.1. The van der Waals surface area contributed by atoms with Gasteiger partial charge in [-0.1, -0.05) is 35.4 Å². The fourth-order valence-corrected chi connectivity index (χ4v) is 4.24. The van der Waals surface area contributed by atoms with Gasteiger partial charge < -0.3 is 9.32 Å². The Balaban J connectivity index is 1.66. The van der Waals surface area contributed by atoms with Gasteiger partial charge in [-0.3, -0.25) is 0 Å². The predicted octanol–water partition coefficient (Wildman–Crippen LogP) is 3.73. The number of hydrogen-bond donors (Lipinski definition) is 0. The number of piperidine rings is 1. The smallest absolute Gasteiger partial charge is 0.318 e. The lowest BCUT2D eigenvalue weighted by Crippen LogP contribution is -2.43. The van der Waals surface area contributed by atoms with Crippen LogP contribution in [-0.2, 0) is 5.41 Å². The third kappa shape index (κ3) is 2.60. The predicted molar refractivity (Wildman–Crippen MR) is 94.6 cm³/mol. The Morgan fingerprint density at radius 2 is 1.83 bits per heavy atom. The van der Waals surface area contributed by atoms with E-state index >= 15 is 0 Å². The minimum atomic E-state index is -0.0302. The van der Waals surface area contributed by atoms with E-state index in [1.165, 1.54) is 11.3 Å². The molecule has 1 saturated heterocycles. The standard InChI is InChI=1S/C18H20N4OS/c1-13-20-21-17(23-13)22-10-8-18(9-11-22,15-6-4-3-5-7-15)16-12-24-14(2)19-16/h3-7,12H,8-11H2,1-2H3. The summed E-state index contributed by atoms with van der Waals surface area (Å²) in [6.45, 7) is 5.66. The maximum Gasteiger partial charge on any atom is 0.318 e. The second kappa shape index (κ2) is 6.02. The molecule has 0 saturated carbocycles. The molecule has 1 fully saturated rings. The van der Waals surface area contributed by atoms with Gasteiger partial charge >= 0.3 is 6.01 Å². The average Bonchev–Trinajstić information content (AvgIpc) is 3.25. The maximum atomic E-state index is 5.60. The summed E-state index contributed by atoms with van der Waals surface area (Å²) in [5, 5.41) is 11.4. The summed E-state index contributed by atoms with van der Waals surface area (Å²) in [6.07, 6.45) is 1.98. The highest BCUT2D eigenvalue weighted by Gasteiger charge is 2.40. The van der Waals surface area contributed by atoms with Crippen LogP contribution in [0.4, 0.5) is 6.01 Å². The van der Waals surface area contributed by atoms with Gasteiger partial charge in [0.15, 0.2) is 0 Å². The van der Waals surface area contributed by atoms with Crippen molar-refractivity contribution in [2.45, 2.75) is 32.1 Å². The fraction of sp³-hybridized carbons (Fsp3) is 0.389. The molecule has 0 N–H and O–H groups in total. The van der Waals surface area contributed by atoms with Gasteiger partial charge in [0.05, 0.1) is 10.7 Å². The first-order valence-electron chi connectivity index (χ1n) is 8.21. The van der Waals surface area contributed by atoms with E-state index in [0.717, 1.165) is 30.9 Å². The van der Waals surface area contributed by atoms with Crippen molar-refractivity contribution < 1.29 is 4.42 Å². The van der Waals surface area contributed by atoms with Gasteiger partial charge in [0, 0.05) is 30.8 Å². The van der Waals surface area contributed by atoms with Crippen LogP contribution < -0.4 is 4.90 Å². The molecule has 2 aromatic heterocycles. The lowest BCUT2D eigenvalue weighted by molar-refractivity contribution is 0.367. The molecule has 5 nitrogen and oxygen atoms in total. The van der Waals surface area contributed by atoms with Crippen molar-refractivity contribution in [1.29, 1.82) is 0 Å². The molecule has 6 heteroatoms. The van der Waals surface area contributed by atoms with Crippen LogP contribution in [0.25, 0.3) is 0 Å². The highest BCUT2D eigenvalue weighted by molar-refractivity contribution is 7.09. The maximum absolute atomic E-state index is 5.60. The topological polar surface area (TPSA) is 55.1 Å². The highest BCUT2D eigenvalue weighted by Crippen LogP contribution is 2.42. The van der Waals surface area contributed by atoms with Crippen LogP contribution in [0, 0.1) is 13.8 Å². The van der Waals surface area contributed by atoms with Crippen molar-refractivity contribution in [3.63, 3.8) is 0 Å². The number of nitrogens with zero attached hydrogens (tertiary/aromatic N) is 4. The minimum absolute atomic E-state index is 0.0302. The molecule has 1 aromatic carbocycles. The summed E-state index contributed by atoms with van der Waals surface area (Å²) in [6, 6.07) is 11.4. The van der Waals surface area contributed by atoms with E-state index in [9.17, 15) is 0 Å². The van der Waals surface area contributed by atoms with Gasteiger partial charge in [0.1, 0.15) is 0 Å². The summed E-state index contributed by atoms with van der Waals surface area (Å²) in [4.78, 5) is 7.01. The Hall–Kier alpha value is -2.21. The SMILES string of the molecule is Cc1nnc(N2CCC(c3ccccc3)(c3csc(C)n3)CC2)o1. The third-order valence-corrected chi connectivity index (χ3v) is 5.61. The Kier molecular flexibility index (Phi) is 3.84. The molecule has 0 unspecified atom stereocenters. The van der Waals surface area contributed by atoms with Gasteiger partial charge in [0.2, 0.25) is 5.89 Å². The molecular formula is C18H20N4OS. The van der Waals surface area contributed by atoms with E-state index in [1.807, 2.05) is 6.92 Å². The molecule has 3 heterocycles. The van der Waals surface area contributed by atoms with E-state index in [1.54, 1.807) is 11.3 Å². The van der Waals surface area contributed by atoms with Crippen molar-refractivity contribution in [2.24, 2.45) is 0 Å². The Labute approximate surface area is 145 Å². The second-order valence-electron chi connectivity index (χ2n) is 6.29. The van der Waals surface area contributed by atoms with Gasteiger partial charge in [0.25, 0.3) is 0 Å². The van der Waals surface area contributed by atoms with Gasteiger partial charge in [-0.05, 0) is 25.3 Å². The molecule has 0 atom stereocenters. The number of benzene rings is 1. The molecule has 3 aromatic rings. The van der Waals surface area contributed by atoms with Crippen molar-refractivity contribution in [1.82, 2.24) is 15.2 Å². The van der Waals surface area contributed by atoms with Crippen molar-refractivity contribution in [3.8, 4) is 0 Å². The van der Waals surface area contributed by atoms with Gasteiger partial charge in [-0.25, -0.2) is 4.98 Å². The lowest BCUT2D eigenvalue weighted by atomic mass is 9.71. The average molecular weight is 340 g/mol. The first kappa shape index (κ1) is 15.3. The molecule has 4 rings (SSSR count). The van der Waals surface area contributed by atoms with E-state index in [0.29, 0.717) is 11.9 Å². The zero-order valence-electron chi connectivity index (χ0n) is 13.9. The van der Waals surface area contributed by atoms with Gasteiger partial charge in [-0.2, -0.15) is 0 Å². The number of aromatic nitrogens is 3. The zero-order chi connectivity index (χ0) is 16.6. The minimum Gasteiger partial charge on any atom is -0.408 e. The molecule has 124 valence electrons. The summed E-state index contributed by atoms with van der Waals surface area (Å²) in [5.41, 5.74) is 2.51. The van der Waals surface area contributed by atoms with Crippen LogP contribution in [0.1, 0.15) is 35.0 Å². The van der Waals surface area contributed by atoms with E-state index in [4.69, 9.17) is 9.40 Å². The summed E-state index contributed by atoms with van der Waals surface area (Å²) >= 11 is 1.73. The fourth-order valence-electron chi connectivity index (χ4n) is 3.53. The van der Waals surface area contributed by atoms with E-state index in [-0.39, 0.29) is 5.41 Å². The summed E-state index contributed by atoms with van der Waals surface area (Å²) in [7, 11) is 0. The molecule has 0 spiro atoms. The van der Waals surface area contributed by atoms with Crippen LogP contribution in [0.5, 0.6) is 0 Å². The summed E-state index contributed by atoms with van der Waals surface area (Å²) < 4.78 is 5.60. The Morgan fingerprint density at radius 1 is 1.08 bits per heavy atom. The third-order valence-electron chi connectivity index (χ3n) is 4.84. The summed E-state index contributed by atoms with van der Waals surface area (Å²) in [5.74, 6) is 0.611. The molecule has 0 aliphatic carbocycles. The molecule has 1 aliphatic rings. The number of anilines is 1. The quantitative estimate of drug-likeness (QED) is 0.727. The molecule has 1 aliphatic heterocycles. The van der Waals surface area contributed by atoms with E-state index < -0.39 is 0 Å². The number of hydrogen-bond acceptors (Lipinski definition) is 6. The van der Waals surface area contributed by atoms with Gasteiger partial charge in [-0.15, -0.1) is 16.4 Å². The second-order valence-corrected chi connectivity index (χ2v) is 7.35. The van der Waals surface area contributed by atoms with Crippen molar-refractivity contribution in [3.05, 3.63) is 57.9 Å². The number of thiazole rings is 1.